The molecule has 1 aromatic heterocycles. The van der Waals surface area contributed by atoms with E-state index >= 15 is 0 Å². The van der Waals surface area contributed by atoms with Crippen LogP contribution in [-0.2, 0) is 21.4 Å². The highest BCUT2D eigenvalue weighted by molar-refractivity contribution is 9.10. The second-order valence-corrected chi connectivity index (χ2v) is 11.5. The molecule has 1 aliphatic heterocycles. The summed E-state index contributed by atoms with van der Waals surface area (Å²) in [6.45, 7) is 6.47. The highest BCUT2D eigenvalue weighted by Crippen LogP contribution is 2.24. The topological polar surface area (TPSA) is 109 Å². The van der Waals surface area contributed by atoms with Crippen molar-refractivity contribution in [3.05, 3.63) is 58.9 Å². The molecule has 1 N–H and O–H groups in total. The molecule has 0 atom stereocenters. The van der Waals surface area contributed by atoms with Gasteiger partial charge in [0.05, 0.1) is 11.4 Å². The van der Waals surface area contributed by atoms with Gasteiger partial charge in [-0.2, -0.15) is 9.29 Å². The molecule has 4 rings (SSSR count). The Labute approximate surface area is 220 Å². The number of sulfonamides is 1. The van der Waals surface area contributed by atoms with Crippen molar-refractivity contribution in [3.8, 4) is 11.4 Å². The maximum absolute atomic E-state index is 12.8. The lowest BCUT2D eigenvalue weighted by molar-refractivity contribution is -0.121. The van der Waals surface area contributed by atoms with Crippen LogP contribution in [0, 0.1) is 5.92 Å². The monoisotopic (exact) mass is 575 g/mol. The van der Waals surface area contributed by atoms with E-state index in [1.54, 1.807) is 24.3 Å². The zero-order chi connectivity index (χ0) is 25.7. The normalized spacial score (nSPS) is 15.3. The van der Waals surface area contributed by atoms with Crippen molar-refractivity contribution in [2.24, 2.45) is 5.92 Å². The standard InChI is InChI=1S/C25H30BrN5O4S/c1-3-31(4-2)36(33,34)22-11-9-21(10-12-22)27-25(32)19-13-15-30(16-14-19)17-23-28-24(29-35-23)18-5-7-20(26)8-6-18/h5-12,19H,3-4,13-17H2,1-2H3,(H,27,32). The van der Waals surface area contributed by atoms with Gasteiger partial charge in [-0.15, -0.1) is 0 Å². The molecule has 3 aromatic rings. The molecule has 0 spiro atoms. The van der Waals surface area contributed by atoms with Gasteiger partial charge in [0, 0.05) is 34.7 Å². The Morgan fingerprint density at radius 1 is 1.08 bits per heavy atom. The number of aromatic nitrogens is 2. The molecular formula is C25H30BrN5O4S. The first-order chi connectivity index (χ1) is 17.3. The van der Waals surface area contributed by atoms with Gasteiger partial charge >= 0.3 is 0 Å². The molecule has 0 radical (unpaired) electrons. The number of piperidine rings is 1. The predicted octanol–water partition coefficient (Wildman–Crippen LogP) is 4.38. The third-order valence-electron chi connectivity index (χ3n) is 6.35. The maximum atomic E-state index is 12.8. The van der Waals surface area contributed by atoms with E-state index in [4.69, 9.17) is 4.52 Å². The summed E-state index contributed by atoms with van der Waals surface area (Å²) in [4.78, 5) is 19.7. The minimum Gasteiger partial charge on any atom is -0.338 e. The van der Waals surface area contributed by atoms with Gasteiger partial charge in [0.1, 0.15) is 0 Å². The third kappa shape index (κ3) is 6.20. The highest BCUT2D eigenvalue weighted by atomic mass is 79.9. The van der Waals surface area contributed by atoms with E-state index in [0.29, 0.717) is 49.9 Å². The van der Waals surface area contributed by atoms with Crippen LogP contribution in [0.2, 0.25) is 0 Å². The summed E-state index contributed by atoms with van der Waals surface area (Å²) in [7, 11) is -3.52. The number of nitrogens with zero attached hydrogens (tertiary/aromatic N) is 4. The van der Waals surface area contributed by atoms with E-state index in [1.165, 1.54) is 4.31 Å². The smallest absolute Gasteiger partial charge is 0.243 e. The van der Waals surface area contributed by atoms with Crippen molar-refractivity contribution >= 4 is 37.5 Å². The lowest BCUT2D eigenvalue weighted by atomic mass is 9.96. The SMILES string of the molecule is CCN(CC)S(=O)(=O)c1ccc(NC(=O)C2CCN(Cc3nc(-c4ccc(Br)cc4)no3)CC2)cc1. The Morgan fingerprint density at radius 3 is 2.33 bits per heavy atom. The number of hydrogen-bond acceptors (Lipinski definition) is 7. The molecule has 1 amide bonds. The van der Waals surface area contributed by atoms with Gasteiger partial charge in [-0.1, -0.05) is 34.9 Å². The Balaban J connectivity index is 1.27. The number of halogens is 1. The van der Waals surface area contributed by atoms with Crippen LogP contribution in [-0.4, -0.2) is 59.8 Å². The van der Waals surface area contributed by atoms with Crippen molar-refractivity contribution in [1.29, 1.82) is 0 Å². The van der Waals surface area contributed by atoms with Gasteiger partial charge in [0.15, 0.2) is 0 Å². The zero-order valence-corrected chi connectivity index (χ0v) is 22.8. The molecule has 0 unspecified atom stereocenters. The molecule has 9 nitrogen and oxygen atoms in total. The molecule has 0 aliphatic carbocycles. The number of hydrogen-bond donors (Lipinski definition) is 1. The van der Waals surface area contributed by atoms with E-state index in [1.807, 2.05) is 38.1 Å². The van der Waals surface area contributed by atoms with Crippen molar-refractivity contribution in [1.82, 2.24) is 19.3 Å². The van der Waals surface area contributed by atoms with E-state index in [0.717, 1.165) is 23.1 Å². The Morgan fingerprint density at radius 2 is 1.72 bits per heavy atom. The van der Waals surface area contributed by atoms with Crippen LogP contribution in [0.15, 0.2) is 62.4 Å². The summed E-state index contributed by atoms with van der Waals surface area (Å²) in [6, 6.07) is 14.1. The summed E-state index contributed by atoms with van der Waals surface area (Å²) in [6.07, 6.45) is 1.43. The molecule has 0 saturated carbocycles. The lowest BCUT2D eigenvalue weighted by Crippen LogP contribution is -2.37. The van der Waals surface area contributed by atoms with Gasteiger partial charge in [-0.25, -0.2) is 8.42 Å². The summed E-state index contributed by atoms with van der Waals surface area (Å²) >= 11 is 3.42. The van der Waals surface area contributed by atoms with Crippen molar-refractivity contribution < 1.29 is 17.7 Å². The number of likely N-dealkylation sites (tertiary alicyclic amines) is 1. The quantitative estimate of drug-likeness (QED) is 0.403. The molecule has 2 heterocycles. The number of anilines is 1. The minimum absolute atomic E-state index is 0.0516. The van der Waals surface area contributed by atoms with Crippen molar-refractivity contribution in [2.45, 2.75) is 38.1 Å². The Hall–Kier alpha value is -2.60. The van der Waals surface area contributed by atoms with Crippen LogP contribution in [0.1, 0.15) is 32.6 Å². The number of rotatable bonds is 9. The second kappa shape index (κ2) is 11.6. The fourth-order valence-corrected chi connectivity index (χ4v) is 5.97. The van der Waals surface area contributed by atoms with Gasteiger partial charge < -0.3 is 9.84 Å². The van der Waals surface area contributed by atoms with Crippen molar-refractivity contribution in [2.75, 3.05) is 31.5 Å². The molecule has 192 valence electrons. The summed E-state index contributed by atoms with van der Waals surface area (Å²) < 4.78 is 33.1. The maximum Gasteiger partial charge on any atom is 0.243 e. The predicted molar refractivity (Wildman–Crippen MR) is 141 cm³/mol. The first-order valence-corrected chi connectivity index (χ1v) is 14.3. The fourth-order valence-electron chi connectivity index (χ4n) is 4.25. The molecule has 1 fully saturated rings. The van der Waals surface area contributed by atoms with E-state index in [9.17, 15) is 13.2 Å². The molecular weight excluding hydrogens is 546 g/mol. The van der Waals surface area contributed by atoms with Crippen LogP contribution < -0.4 is 5.32 Å². The van der Waals surface area contributed by atoms with Gasteiger partial charge in [0.2, 0.25) is 27.6 Å². The van der Waals surface area contributed by atoms with Crippen LogP contribution >= 0.6 is 15.9 Å². The molecule has 36 heavy (non-hydrogen) atoms. The van der Waals surface area contributed by atoms with E-state index < -0.39 is 10.0 Å². The molecule has 0 bridgehead atoms. The number of carbonyl (C=O) groups is 1. The van der Waals surface area contributed by atoms with Gasteiger partial charge in [0.25, 0.3) is 0 Å². The van der Waals surface area contributed by atoms with Crippen LogP contribution in [0.25, 0.3) is 11.4 Å². The summed E-state index contributed by atoms with van der Waals surface area (Å²) in [5, 5.41) is 7.01. The van der Waals surface area contributed by atoms with Crippen LogP contribution in [0.3, 0.4) is 0 Å². The van der Waals surface area contributed by atoms with Gasteiger partial charge in [-0.05, 0) is 74.5 Å². The molecule has 1 aliphatic rings. The number of amides is 1. The average Bonchev–Trinajstić information content (AvgIpc) is 3.34. The molecule has 1 saturated heterocycles. The summed E-state index contributed by atoms with van der Waals surface area (Å²) in [5.74, 6) is 0.948. The average molecular weight is 577 g/mol. The Kier molecular flexibility index (Phi) is 8.55. The van der Waals surface area contributed by atoms with Crippen LogP contribution in [0.5, 0.6) is 0 Å². The molecule has 11 heteroatoms. The number of nitrogens with one attached hydrogen (secondary N) is 1. The van der Waals surface area contributed by atoms with Crippen LogP contribution in [0.4, 0.5) is 5.69 Å². The zero-order valence-electron chi connectivity index (χ0n) is 20.4. The first-order valence-electron chi connectivity index (χ1n) is 12.0. The number of benzene rings is 2. The lowest BCUT2D eigenvalue weighted by Gasteiger charge is -2.30. The largest absolute Gasteiger partial charge is 0.338 e. The molecule has 2 aromatic carbocycles. The third-order valence-corrected chi connectivity index (χ3v) is 8.95. The Bertz CT molecular complexity index is 1270. The van der Waals surface area contributed by atoms with E-state index in [-0.39, 0.29) is 16.7 Å². The van der Waals surface area contributed by atoms with E-state index in [2.05, 4.69) is 36.3 Å². The first kappa shape index (κ1) is 26.5. The minimum atomic E-state index is -3.52. The van der Waals surface area contributed by atoms with Crippen molar-refractivity contribution in [3.63, 3.8) is 0 Å². The summed E-state index contributed by atoms with van der Waals surface area (Å²) in [5.41, 5.74) is 1.48. The highest BCUT2D eigenvalue weighted by Gasteiger charge is 2.27. The van der Waals surface area contributed by atoms with Gasteiger partial charge in [-0.3, -0.25) is 9.69 Å². The number of carbonyl (C=O) groups excluding carboxylic acids is 1. The fraction of sp³-hybridized carbons (Fsp3) is 0.400. The second-order valence-electron chi connectivity index (χ2n) is 8.67.